The van der Waals surface area contributed by atoms with E-state index in [0.717, 1.165) is 30.4 Å². The monoisotopic (exact) mass is 622 g/mol. The summed E-state index contributed by atoms with van der Waals surface area (Å²) in [6.07, 6.45) is -3.49. The summed E-state index contributed by atoms with van der Waals surface area (Å²) in [6, 6.07) is 7.47. The first-order chi connectivity index (χ1) is 20.0. The number of carbonyl (C=O) groups is 1. The number of carbonyl (C=O) groups excluding carboxylic acids is 1. The fourth-order valence-electron chi connectivity index (χ4n) is 5.55. The van der Waals surface area contributed by atoms with E-state index in [-0.39, 0.29) is 45.0 Å². The number of fused-ring (bicyclic) bond motifs is 2. The van der Waals surface area contributed by atoms with E-state index in [1.165, 1.54) is 11.9 Å². The number of anilines is 3. The van der Waals surface area contributed by atoms with Crippen LogP contribution in [0, 0.1) is 0 Å². The van der Waals surface area contributed by atoms with E-state index in [1.807, 2.05) is 19.1 Å². The second kappa shape index (κ2) is 10.8. The van der Waals surface area contributed by atoms with Crippen LogP contribution in [-0.2, 0) is 27.2 Å². The van der Waals surface area contributed by atoms with E-state index < -0.39 is 33.2 Å². The van der Waals surface area contributed by atoms with Gasteiger partial charge >= 0.3 is 6.18 Å². The summed E-state index contributed by atoms with van der Waals surface area (Å²) in [5.74, 6) is -0.961. The van der Waals surface area contributed by atoms with Gasteiger partial charge in [-0.3, -0.25) is 4.79 Å². The summed E-state index contributed by atoms with van der Waals surface area (Å²) in [4.78, 5) is 24.1. The Balaban J connectivity index is 1.36. The number of rotatable bonds is 5. The van der Waals surface area contributed by atoms with Gasteiger partial charge in [-0.25, -0.2) is 18.4 Å². The molecule has 1 amide bonds. The Bertz CT molecular complexity index is 1640. The Morgan fingerprint density at radius 3 is 2.79 bits per heavy atom. The van der Waals surface area contributed by atoms with Gasteiger partial charge in [-0.05, 0) is 36.2 Å². The molecule has 224 valence electrons. The quantitative estimate of drug-likeness (QED) is 0.441. The SMILES string of the molecule is CCc1cc(N2CCN[C@@H]3COC[C@@H]32)ccc1Nc1ncc(C(F)(F)F)c(-c2cc3c(s2)C(=O)N(C)CCS3(=O)=O)n1. The molecule has 0 saturated carbocycles. The third kappa shape index (κ3) is 5.23. The van der Waals surface area contributed by atoms with E-state index in [9.17, 15) is 26.4 Å². The van der Waals surface area contributed by atoms with Crippen molar-refractivity contribution < 1.29 is 31.1 Å². The minimum absolute atomic E-state index is 0.00447. The second-order valence-electron chi connectivity index (χ2n) is 10.5. The Kier molecular flexibility index (Phi) is 7.40. The molecule has 3 aromatic rings. The Morgan fingerprint density at radius 1 is 1.21 bits per heavy atom. The van der Waals surface area contributed by atoms with Gasteiger partial charge in [0.25, 0.3) is 5.91 Å². The summed E-state index contributed by atoms with van der Waals surface area (Å²) in [7, 11) is -2.42. The van der Waals surface area contributed by atoms with Gasteiger partial charge in [0.2, 0.25) is 5.95 Å². The average Bonchev–Trinajstić information content (AvgIpc) is 3.62. The third-order valence-electron chi connectivity index (χ3n) is 7.85. The molecule has 3 aliphatic heterocycles. The maximum Gasteiger partial charge on any atom is 0.420 e. The summed E-state index contributed by atoms with van der Waals surface area (Å²) in [5.41, 5.74) is 0.980. The lowest BCUT2D eigenvalue weighted by molar-refractivity contribution is -0.137. The molecule has 2 atom stereocenters. The highest BCUT2D eigenvalue weighted by Gasteiger charge is 2.39. The zero-order valence-corrected chi connectivity index (χ0v) is 24.5. The molecular weight excluding hydrogens is 593 g/mol. The molecule has 0 unspecified atom stereocenters. The molecule has 15 heteroatoms. The molecule has 2 saturated heterocycles. The van der Waals surface area contributed by atoms with Crippen LogP contribution in [-0.4, -0.2) is 86.9 Å². The lowest BCUT2D eigenvalue weighted by Crippen LogP contribution is -2.57. The van der Waals surface area contributed by atoms with Gasteiger partial charge in [0.05, 0.1) is 46.5 Å². The fourth-order valence-corrected chi connectivity index (χ4v) is 8.58. The van der Waals surface area contributed by atoms with Crippen LogP contribution >= 0.6 is 11.3 Å². The summed E-state index contributed by atoms with van der Waals surface area (Å²) in [5, 5.41) is 6.54. The number of nitrogens with one attached hydrogen (secondary N) is 2. The van der Waals surface area contributed by atoms with Crippen molar-refractivity contribution in [2.24, 2.45) is 0 Å². The highest BCUT2D eigenvalue weighted by molar-refractivity contribution is 7.91. The topological polar surface area (TPSA) is 117 Å². The van der Waals surface area contributed by atoms with Crippen LogP contribution in [0.25, 0.3) is 10.6 Å². The largest absolute Gasteiger partial charge is 0.420 e. The maximum atomic E-state index is 14.1. The fraction of sp³-hybridized carbons (Fsp3) is 0.444. The smallest absolute Gasteiger partial charge is 0.378 e. The van der Waals surface area contributed by atoms with Crippen molar-refractivity contribution in [3.05, 3.63) is 46.5 Å². The van der Waals surface area contributed by atoms with Crippen LogP contribution in [0.2, 0.25) is 0 Å². The van der Waals surface area contributed by atoms with Gasteiger partial charge < -0.3 is 25.2 Å². The molecule has 42 heavy (non-hydrogen) atoms. The van der Waals surface area contributed by atoms with Crippen LogP contribution in [0.5, 0.6) is 0 Å². The highest BCUT2D eigenvalue weighted by atomic mass is 32.2. The summed E-state index contributed by atoms with van der Waals surface area (Å²) in [6.45, 7) is 4.94. The standard InChI is InChI=1S/C27H29F3N6O4S2/c1-3-15-10-16(36-7-6-31-19-13-40-14-20(19)36)4-5-18(15)33-26-32-12-17(27(28,29)30)23(34-26)21-11-22-24(41-21)25(37)35(2)8-9-42(22,38)39/h4-5,10-12,19-20,31H,3,6-9,13-14H2,1-2H3,(H,32,33,34)/t19-,20+/m1/s1. The minimum atomic E-state index is -4.81. The number of aromatic nitrogens is 2. The number of ether oxygens (including phenoxy) is 1. The van der Waals surface area contributed by atoms with Gasteiger partial charge in [0, 0.05) is 44.3 Å². The molecular formula is C27H29F3N6O4S2. The number of hydrogen-bond donors (Lipinski definition) is 2. The number of benzene rings is 1. The van der Waals surface area contributed by atoms with Crippen molar-refractivity contribution in [3.63, 3.8) is 0 Å². The number of hydrogen-bond acceptors (Lipinski definition) is 10. The van der Waals surface area contributed by atoms with Crippen molar-refractivity contribution in [3.8, 4) is 10.6 Å². The molecule has 2 aromatic heterocycles. The van der Waals surface area contributed by atoms with Gasteiger partial charge in [-0.1, -0.05) is 6.92 Å². The number of thiophene rings is 1. The van der Waals surface area contributed by atoms with Crippen LogP contribution in [0.15, 0.2) is 35.4 Å². The van der Waals surface area contributed by atoms with E-state index in [2.05, 4.69) is 31.6 Å². The third-order valence-corrected chi connectivity index (χ3v) is 10.8. The summed E-state index contributed by atoms with van der Waals surface area (Å²) < 4.78 is 73.5. The lowest BCUT2D eigenvalue weighted by atomic mass is 10.0. The first kappa shape index (κ1) is 28.8. The molecule has 6 rings (SSSR count). The maximum absolute atomic E-state index is 14.1. The molecule has 0 spiro atoms. The van der Waals surface area contributed by atoms with Crippen LogP contribution < -0.4 is 15.5 Å². The van der Waals surface area contributed by atoms with Crippen molar-refractivity contribution in [2.45, 2.75) is 36.5 Å². The number of nitrogens with zero attached hydrogens (tertiary/aromatic N) is 4. The molecule has 5 heterocycles. The van der Waals surface area contributed by atoms with Gasteiger partial charge in [-0.15, -0.1) is 11.3 Å². The number of piperazine rings is 1. The zero-order chi connectivity index (χ0) is 29.8. The van der Waals surface area contributed by atoms with Gasteiger partial charge in [-0.2, -0.15) is 13.2 Å². The average molecular weight is 623 g/mol. The number of aryl methyl sites for hydroxylation is 1. The number of halogens is 3. The van der Waals surface area contributed by atoms with E-state index in [1.54, 1.807) is 0 Å². The molecule has 1 aromatic carbocycles. The summed E-state index contributed by atoms with van der Waals surface area (Å²) >= 11 is 0.685. The van der Waals surface area contributed by atoms with Crippen molar-refractivity contribution in [2.75, 3.05) is 55.9 Å². The molecule has 0 aliphatic carbocycles. The van der Waals surface area contributed by atoms with E-state index >= 15 is 0 Å². The van der Waals surface area contributed by atoms with Gasteiger partial charge in [0.15, 0.2) is 9.84 Å². The second-order valence-corrected chi connectivity index (χ2v) is 13.6. The van der Waals surface area contributed by atoms with Crippen molar-refractivity contribution in [1.82, 2.24) is 20.2 Å². The first-order valence-electron chi connectivity index (χ1n) is 13.5. The van der Waals surface area contributed by atoms with E-state index in [0.29, 0.717) is 42.9 Å². The van der Waals surface area contributed by atoms with Gasteiger partial charge in [0.1, 0.15) is 10.4 Å². The van der Waals surface area contributed by atoms with Crippen molar-refractivity contribution in [1.29, 1.82) is 0 Å². The Morgan fingerprint density at radius 2 is 2.02 bits per heavy atom. The lowest BCUT2D eigenvalue weighted by Gasteiger charge is -2.39. The molecule has 0 bridgehead atoms. The van der Waals surface area contributed by atoms with E-state index in [4.69, 9.17) is 4.74 Å². The Hall–Kier alpha value is -3.27. The highest BCUT2D eigenvalue weighted by Crippen LogP contribution is 2.42. The molecule has 2 N–H and O–H groups in total. The molecule has 3 aliphatic rings. The Labute approximate surface area is 244 Å². The first-order valence-corrected chi connectivity index (χ1v) is 16.0. The number of sulfone groups is 1. The van der Waals surface area contributed by atoms with Crippen LogP contribution in [0.1, 0.15) is 27.7 Å². The number of amides is 1. The minimum Gasteiger partial charge on any atom is -0.378 e. The van der Waals surface area contributed by atoms with Crippen LogP contribution in [0.4, 0.5) is 30.5 Å². The predicted molar refractivity (Wildman–Crippen MR) is 152 cm³/mol. The molecule has 0 radical (unpaired) electrons. The number of alkyl halides is 3. The normalized spacial score (nSPS) is 22.1. The van der Waals surface area contributed by atoms with Crippen molar-refractivity contribution >= 4 is 44.4 Å². The molecule has 10 nitrogen and oxygen atoms in total. The van der Waals surface area contributed by atoms with Crippen LogP contribution in [0.3, 0.4) is 0 Å². The molecule has 2 fully saturated rings. The predicted octanol–water partition coefficient (Wildman–Crippen LogP) is 3.57. The zero-order valence-electron chi connectivity index (χ0n) is 22.9.